The molecular formula is C20H16N2O2. The summed E-state index contributed by atoms with van der Waals surface area (Å²) in [5, 5.41) is 2.83. The third kappa shape index (κ3) is 2.52. The van der Waals surface area contributed by atoms with Gasteiger partial charge in [-0.05, 0) is 42.1 Å². The number of hydrogen-bond acceptors (Lipinski definition) is 3. The highest BCUT2D eigenvalue weighted by atomic mass is 16.5. The molecule has 118 valence electrons. The number of nitrogens with one attached hydrogen (secondary N) is 1. The summed E-state index contributed by atoms with van der Waals surface area (Å²) in [7, 11) is 0. The summed E-state index contributed by atoms with van der Waals surface area (Å²) < 4.78 is 5.85. The van der Waals surface area contributed by atoms with Gasteiger partial charge in [0.25, 0.3) is 0 Å². The second-order valence-corrected chi connectivity index (χ2v) is 5.80. The lowest BCUT2D eigenvalue weighted by Crippen LogP contribution is -2.11. The molecule has 2 aromatic carbocycles. The van der Waals surface area contributed by atoms with Gasteiger partial charge in [0, 0.05) is 28.7 Å². The summed E-state index contributed by atoms with van der Waals surface area (Å²) in [5.74, 6) is 0.378. The number of H-pyrrole nitrogens is 1. The molecule has 0 saturated carbocycles. The Morgan fingerprint density at radius 3 is 2.88 bits per heavy atom. The zero-order valence-electron chi connectivity index (χ0n) is 13.2. The average Bonchev–Trinajstić information content (AvgIpc) is 2.61. The third-order valence-corrected chi connectivity index (χ3v) is 4.13. The van der Waals surface area contributed by atoms with E-state index in [2.05, 4.69) is 16.0 Å². The van der Waals surface area contributed by atoms with E-state index in [-0.39, 0.29) is 5.43 Å². The maximum atomic E-state index is 12.6. The lowest BCUT2D eigenvalue weighted by Gasteiger charge is -2.10. The molecule has 0 spiro atoms. The molecule has 4 heteroatoms. The van der Waals surface area contributed by atoms with E-state index >= 15 is 0 Å². The van der Waals surface area contributed by atoms with Crippen LogP contribution in [0.25, 0.3) is 21.7 Å². The molecule has 2 aromatic heterocycles. The SMILES string of the molecule is Cc1[nH]c2ccccc2c(=O)c1OCc1ccc2cnccc2c1. The molecule has 0 aliphatic rings. The minimum absolute atomic E-state index is 0.0770. The number of aromatic nitrogens is 2. The van der Waals surface area contributed by atoms with Crippen molar-refractivity contribution in [2.24, 2.45) is 0 Å². The van der Waals surface area contributed by atoms with Crippen LogP contribution in [-0.4, -0.2) is 9.97 Å². The molecule has 0 saturated heterocycles. The number of aromatic amines is 1. The Labute approximate surface area is 138 Å². The fraction of sp³-hybridized carbons (Fsp3) is 0.100. The van der Waals surface area contributed by atoms with Gasteiger partial charge in [-0.2, -0.15) is 0 Å². The van der Waals surface area contributed by atoms with E-state index in [0.29, 0.717) is 17.7 Å². The molecule has 0 aliphatic heterocycles. The van der Waals surface area contributed by atoms with E-state index in [4.69, 9.17) is 4.74 Å². The number of nitrogens with zero attached hydrogens (tertiary/aromatic N) is 1. The molecule has 0 aliphatic carbocycles. The topological polar surface area (TPSA) is 55.0 Å². The van der Waals surface area contributed by atoms with Crippen molar-refractivity contribution in [2.45, 2.75) is 13.5 Å². The summed E-state index contributed by atoms with van der Waals surface area (Å²) in [6.07, 6.45) is 3.60. The van der Waals surface area contributed by atoms with Crippen LogP contribution in [0, 0.1) is 6.92 Å². The lowest BCUT2D eigenvalue weighted by atomic mass is 10.1. The van der Waals surface area contributed by atoms with E-state index in [1.54, 1.807) is 6.20 Å². The van der Waals surface area contributed by atoms with Crippen LogP contribution in [0.1, 0.15) is 11.3 Å². The first-order chi connectivity index (χ1) is 11.7. The van der Waals surface area contributed by atoms with Crippen LogP contribution >= 0.6 is 0 Å². The van der Waals surface area contributed by atoms with Crippen LogP contribution in [0.4, 0.5) is 0 Å². The Morgan fingerprint density at radius 1 is 1.08 bits per heavy atom. The first kappa shape index (κ1) is 14.5. The zero-order valence-corrected chi connectivity index (χ0v) is 13.2. The Morgan fingerprint density at radius 2 is 1.96 bits per heavy atom. The fourth-order valence-corrected chi connectivity index (χ4v) is 2.89. The molecule has 2 heterocycles. The van der Waals surface area contributed by atoms with Crippen LogP contribution in [0.3, 0.4) is 0 Å². The second kappa shape index (κ2) is 5.81. The molecule has 0 radical (unpaired) electrons. The Kier molecular flexibility index (Phi) is 3.50. The fourth-order valence-electron chi connectivity index (χ4n) is 2.89. The molecular weight excluding hydrogens is 300 g/mol. The Hall–Kier alpha value is -3.14. The van der Waals surface area contributed by atoms with E-state index in [1.807, 2.05) is 55.6 Å². The van der Waals surface area contributed by atoms with E-state index in [9.17, 15) is 4.79 Å². The van der Waals surface area contributed by atoms with Crippen molar-refractivity contribution < 1.29 is 4.74 Å². The van der Waals surface area contributed by atoms with E-state index < -0.39 is 0 Å². The van der Waals surface area contributed by atoms with Gasteiger partial charge < -0.3 is 9.72 Å². The molecule has 24 heavy (non-hydrogen) atoms. The van der Waals surface area contributed by atoms with Crippen molar-refractivity contribution in [3.63, 3.8) is 0 Å². The highest BCUT2D eigenvalue weighted by molar-refractivity contribution is 5.82. The molecule has 0 fully saturated rings. The number of hydrogen-bond donors (Lipinski definition) is 1. The monoisotopic (exact) mass is 316 g/mol. The summed E-state index contributed by atoms with van der Waals surface area (Å²) in [6.45, 7) is 2.20. The largest absolute Gasteiger partial charge is 0.483 e. The van der Waals surface area contributed by atoms with Gasteiger partial charge in [0.05, 0.1) is 5.69 Å². The number of pyridine rings is 2. The summed E-state index contributed by atoms with van der Waals surface area (Å²) >= 11 is 0. The number of rotatable bonds is 3. The average molecular weight is 316 g/mol. The van der Waals surface area contributed by atoms with E-state index in [0.717, 1.165) is 27.5 Å². The van der Waals surface area contributed by atoms with Gasteiger partial charge in [0.2, 0.25) is 5.43 Å². The van der Waals surface area contributed by atoms with Crippen LogP contribution in [0.2, 0.25) is 0 Å². The van der Waals surface area contributed by atoms with Gasteiger partial charge >= 0.3 is 0 Å². The van der Waals surface area contributed by atoms with Gasteiger partial charge in [-0.1, -0.05) is 24.3 Å². The van der Waals surface area contributed by atoms with Gasteiger partial charge in [-0.15, -0.1) is 0 Å². The van der Waals surface area contributed by atoms with E-state index in [1.165, 1.54) is 0 Å². The maximum absolute atomic E-state index is 12.6. The van der Waals surface area contributed by atoms with Gasteiger partial charge in [-0.3, -0.25) is 9.78 Å². The third-order valence-electron chi connectivity index (χ3n) is 4.13. The Bertz CT molecular complexity index is 1100. The van der Waals surface area contributed by atoms with Gasteiger partial charge in [-0.25, -0.2) is 0 Å². The van der Waals surface area contributed by atoms with Crippen molar-refractivity contribution >= 4 is 21.7 Å². The lowest BCUT2D eigenvalue weighted by molar-refractivity contribution is 0.300. The maximum Gasteiger partial charge on any atom is 0.231 e. The second-order valence-electron chi connectivity index (χ2n) is 5.80. The number of benzene rings is 2. The first-order valence-corrected chi connectivity index (χ1v) is 7.79. The van der Waals surface area contributed by atoms with Crippen LogP contribution < -0.4 is 10.2 Å². The van der Waals surface area contributed by atoms with Crippen LogP contribution in [0.15, 0.2) is 65.7 Å². The van der Waals surface area contributed by atoms with Crippen molar-refractivity contribution in [2.75, 3.05) is 0 Å². The quantitative estimate of drug-likeness (QED) is 0.622. The van der Waals surface area contributed by atoms with Crippen molar-refractivity contribution in [3.05, 3.63) is 82.4 Å². The minimum Gasteiger partial charge on any atom is -0.483 e. The molecule has 0 amide bonds. The predicted octanol–water partition coefficient (Wildman–Crippen LogP) is 3.96. The molecule has 0 atom stereocenters. The van der Waals surface area contributed by atoms with Crippen molar-refractivity contribution in [1.29, 1.82) is 0 Å². The molecule has 1 N–H and O–H groups in total. The van der Waals surface area contributed by atoms with Crippen LogP contribution in [-0.2, 0) is 6.61 Å². The Balaban J connectivity index is 1.67. The van der Waals surface area contributed by atoms with Crippen molar-refractivity contribution in [1.82, 2.24) is 9.97 Å². The molecule has 4 rings (SSSR count). The summed E-state index contributed by atoms with van der Waals surface area (Å²) in [6, 6.07) is 15.5. The zero-order chi connectivity index (χ0) is 16.5. The molecule has 4 aromatic rings. The van der Waals surface area contributed by atoms with Crippen LogP contribution in [0.5, 0.6) is 5.75 Å². The number of fused-ring (bicyclic) bond motifs is 2. The normalized spacial score (nSPS) is 11.0. The van der Waals surface area contributed by atoms with Gasteiger partial charge in [0.15, 0.2) is 5.75 Å². The highest BCUT2D eigenvalue weighted by Crippen LogP contribution is 2.19. The predicted molar refractivity (Wildman–Crippen MR) is 95.4 cm³/mol. The molecule has 0 unspecified atom stereocenters. The standard InChI is InChI=1S/C20H16N2O2/c1-13-20(19(23)17-4-2-3-5-18(17)22-13)24-12-14-6-7-16-11-21-9-8-15(16)10-14/h2-11H,12H2,1H3,(H,22,23). The first-order valence-electron chi connectivity index (χ1n) is 7.79. The molecule has 4 nitrogen and oxygen atoms in total. The molecule has 0 bridgehead atoms. The van der Waals surface area contributed by atoms with Crippen molar-refractivity contribution in [3.8, 4) is 5.75 Å². The smallest absolute Gasteiger partial charge is 0.231 e. The number of para-hydroxylation sites is 1. The number of aryl methyl sites for hydroxylation is 1. The summed E-state index contributed by atoms with van der Waals surface area (Å²) in [4.78, 5) is 20.0. The number of ether oxygens (including phenoxy) is 1. The summed E-state index contributed by atoms with van der Waals surface area (Å²) in [5.41, 5.74) is 2.50. The van der Waals surface area contributed by atoms with Gasteiger partial charge in [0.1, 0.15) is 6.61 Å². The highest BCUT2D eigenvalue weighted by Gasteiger charge is 2.10. The minimum atomic E-state index is -0.0770.